The number of carboxylic acid groups (broad SMARTS) is 1. The lowest BCUT2D eigenvalue weighted by molar-refractivity contribution is 0.0694. The maximum atomic E-state index is 11.0. The Morgan fingerprint density at radius 2 is 2.14 bits per heavy atom. The van der Waals surface area contributed by atoms with Gasteiger partial charge in [-0.3, -0.25) is 0 Å². The van der Waals surface area contributed by atoms with Gasteiger partial charge in [-0.15, -0.1) is 0 Å². The van der Waals surface area contributed by atoms with Gasteiger partial charge in [0.05, 0.1) is 5.56 Å². The molecule has 2 nitrogen and oxygen atoms in total. The van der Waals surface area contributed by atoms with Crippen LogP contribution in [0, 0.1) is 0 Å². The van der Waals surface area contributed by atoms with Gasteiger partial charge in [0.15, 0.2) is 0 Å². The van der Waals surface area contributed by atoms with Gasteiger partial charge in [0, 0.05) is 5.02 Å². The standard InChI is InChI=1S/C11H11ClO2/c12-8-4-5-9(7-2-1-3-7)10(6-8)11(13)14/h4-7H,1-3H2,(H,13,14). The fourth-order valence-corrected chi connectivity index (χ4v) is 1.96. The second kappa shape index (κ2) is 3.62. The molecule has 1 aromatic rings. The Labute approximate surface area is 87.5 Å². The highest BCUT2D eigenvalue weighted by Crippen LogP contribution is 2.38. The maximum Gasteiger partial charge on any atom is 0.336 e. The molecular weight excluding hydrogens is 200 g/mol. The van der Waals surface area contributed by atoms with Crippen LogP contribution in [0.2, 0.25) is 5.02 Å². The summed E-state index contributed by atoms with van der Waals surface area (Å²) >= 11 is 5.76. The van der Waals surface area contributed by atoms with Crippen molar-refractivity contribution in [1.82, 2.24) is 0 Å². The van der Waals surface area contributed by atoms with E-state index >= 15 is 0 Å². The van der Waals surface area contributed by atoms with E-state index in [-0.39, 0.29) is 0 Å². The molecule has 1 aliphatic carbocycles. The minimum Gasteiger partial charge on any atom is -0.478 e. The summed E-state index contributed by atoms with van der Waals surface area (Å²) in [5.41, 5.74) is 1.30. The van der Waals surface area contributed by atoms with E-state index in [4.69, 9.17) is 16.7 Å². The van der Waals surface area contributed by atoms with E-state index in [1.807, 2.05) is 6.07 Å². The van der Waals surface area contributed by atoms with Crippen molar-refractivity contribution in [2.75, 3.05) is 0 Å². The highest BCUT2D eigenvalue weighted by Gasteiger charge is 2.24. The Kier molecular flexibility index (Phi) is 2.46. The number of halogens is 1. The van der Waals surface area contributed by atoms with Crippen LogP contribution in [0.25, 0.3) is 0 Å². The monoisotopic (exact) mass is 210 g/mol. The molecule has 0 unspecified atom stereocenters. The van der Waals surface area contributed by atoms with Crippen LogP contribution < -0.4 is 0 Å². The first-order valence-electron chi connectivity index (χ1n) is 4.71. The summed E-state index contributed by atoms with van der Waals surface area (Å²) in [6.45, 7) is 0. The predicted molar refractivity (Wildman–Crippen MR) is 55.0 cm³/mol. The van der Waals surface area contributed by atoms with E-state index in [0.717, 1.165) is 18.4 Å². The smallest absolute Gasteiger partial charge is 0.336 e. The van der Waals surface area contributed by atoms with Crippen LogP contribution >= 0.6 is 11.6 Å². The molecule has 0 atom stereocenters. The minimum absolute atomic E-state index is 0.363. The zero-order valence-corrected chi connectivity index (χ0v) is 8.42. The molecule has 3 heteroatoms. The Balaban J connectivity index is 2.41. The number of aromatic carboxylic acids is 1. The second-order valence-electron chi connectivity index (χ2n) is 3.66. The normalized spacial score (nSPS) is 16.4. The minimum atomic E-state index is -0.880. The van der Waals surface area contributed by atoms with Crippen molar-refractivity contribution < 1.29 is 9.90 Å². The van der Waals surface area contributed by atoms with Crippen LogP contribution in [-0.4, -0.2) is 11.1 Å². The van der Waals surface area contributed by atoms with Crippen molar-refractivity contribution in [3.05, 3.63) is 34.3 Å². The summed E-state index contributed by atoms with van der Waals surface area (Å²) in [5, 5.41) is 9.49. The molecule has 14 heavy (non-hydrogen) atoms. The number of hydrogen-bond acceptors (Lipinski definition) is 1. The zero-order valence-electron chi connectivity index (χ0n) is 7.66. The lowest BCUT2D eigenvalue weighted by Gasteiger charge is -2.27. The Morgan fingerprint density at radius 1 is 1.43 bits per heavy atom. The highest BCUT2D eigenvalue weighted by molar-refractivity contribution is 6.31. The molecule has 0 aromatic heterocycles. The van der Waals surface area contributed by atoms with Crippen LogP contribution in [0.5, 0.6) is 0 Å². The van der Waals surface area contributed by atoms with Crippen molar-refractivity contribution in [2.24, 2.45) is 0 Å². The molecule has 1 fully saturated rings. The van der Waals surface area contributed by atoms with Crippen molar-refractivity contribution in [3.63, 3.8) is 0 Å². The molecule has 0 bridgehead atoms. The third-order valence-corrected chi connectivity index (χ3v) is 3.03. The maximum absolute atomic E-state index is 11.0. The van der Waals surface area contributed by atoms with Crippen LogP contribution in [-0.2, 0) is 0 Å². The summed E-state index contributed by atoms with van der Waals surface area (Å²) < 4.78 is 0. The summed E-state index contributed by atoms with van der Waals surface area (Å²) in [7, 11) is 0. The molecule has 0 saturated heterocycles. The highest BCUT2D eigenvalue weighted by atomic mass is 35.5. The lowest BCUT2D eigenvalue weighted by atomic mass is 9.78. The van der Waals surface area contributed by atoms with Crippen LogP contribution in [0.1, 0.15) is 41.1 Å². The molecule has 0 heterocycles. The third kappa shape index (κ3) is 1.62. The second-order valence-corrected chi connectivity index (χ2v) is 4.10. The van der Waals surface area contributed by atoms with E-state index in [1.54, 1.807) is 6.07 Å². The number of rotatable bonds is 2. The fraction of sp³-hybridized carbons (Fsp3) is 0.364. The molecule has 1 saturated carbocycles. The molecule has 2 rings (SSSR count). The first-order valence-corrected chi connectivity index (χ1v) is 5.09. The fourth-order valence-electron chi connectivity index (χ4n) is 1.79. The molecule has 0 spiro atoms. The van der Waals surface area contributed by atoms with Crippen LogP contribution in [0.4, 0.5) is 0 Å². The SMILES string of the molecule is O=C(O)c1cc(Cl)ccc1C1CCC1. The quantitative estimate of drug-likeness (QED) is 0.813. The Bertz CT molecular complexity index is 370. The Morgan fingerprint density at radius 3 is 2.64 bits per heavy atom. The van der Waals surface area contributed by atoms with Gasteiger partial charge in [0.2, 0.25) is 0 Å². The molecule has 1 N–H and O–H groups in total. The van der Waals surface area contributed by atoms with E-state index in [0.29, 0.717) is 16.5 Å². The van der Waals surface area contributed by atoms with E-state index in [2.05, 4.69) is 0 Å². The number of benzene rings is 1. The molecule has 0 aliphatic heterocycles. The third-order valence-electron chi connectivity index (χ3n) is 2.79. The first kappa shape index (κ1) is 9.53. The van der Waals surface area contributed by atoms with E-state index in [1.165, 1.54) is 12.5 Å². The van der Waals surface area contributed by atoms with Crippen molar-refractivity contribution in [2.45, 2.75) is 25.2 Å². The van der Waals surface area contributed by atoms with Gasteiger partial charge in [0.1, 0.15) is 0 Å². The van der Waals surface area contributed by atoms with Gasteiger partial charge in [-0.25, -0.2) is 4.79 Å². The van der Waals surface area contributed by atoms with Gasteiger partial charge in [-0.05, 0) is 36.5 Å². The molecule has 74 valence electrons. The van der Waals surface area contributed by atoms with Gasteiger partial charge in [-0.1, -0.05) is 24.1 Å². The van der Waals surface area contributed by atoms with Gasteiger partial charge in [-0.2, -0.15) is 0 Å². The first-order chi connectivity index (χ1) is 6.68. The molecule has 1 aromatic carbocycles. The van der Waals surface area contributed by atoms with E-state index < -0.39 is 5.97 Å². The number of carboxylic acids is 1. The van der Waals surface area contributed by atoms with Crippen molar-refractivity contribution >= 4 is 17.6 Å². The lowest BCUT2D eigenvalue weighted by Crippen LogP contribution is -2.13. The predicted octanol–water partition coefficient (Wildman–Crippen LogP) is 3.31. The average molecular weight is 211 g/mol. The van der Waals surface area contributed by atoms with Crippen molar-refractivity contribution in [1.29, 1.82) is 0 Å². The Hall–Kier alpha value is -1.02. The van der Waals surface area contributed by atoms with Gasteiger partial charge < -0.3 is 5.11 Å². The molecule has 0 radical (unpaired) electrons. The topological polar surface area (TPSA) is 37.3 Å². The van der Waals surface area contributed by atoms with Gasteiger partial charge >= 0.3 is 5.97 Å². The number of carbonyl (C=O) groups is 1. The summed E-state index contributed by atoms with van der Waals surface area (Å²) in [6.07, 6.45) is 3.40. The molecule has 0 amide bonds. The summed E-state index contributed by atoms with van der Waals surface area (Å²) in [5.74, 6) is -0.451. The van der Waals surface area contributed by atoms with Crippen LogP contribution in [0.3, 0.4) is 0 Å². The summed E-state index contributed by atoms with van der Waals surface area (Å²) in [6, 6.07) is 5.15. The molecular formula is C11H11ClO2. The van der Waals surface area contributed by atoms with E-state index in [9.17, 15) is 4.79 Å². The van der Waals surface area contributed by atoms with Gasteiger partial charge in [0.25, 0.3) is 0 Å². The largest absolute Gasteiger partial charge is 0.478 e. The summed E-state index contributed by atoms with van der Waals surface area (Å²) in [4.78, 5) is 11.0. The van der Waals surface area contributed by atoms with Crippen LogP contribution in [0.15, 0.2) is 18.2 Å². The number of hydrogen-bond donors (Lipinski definition) is 1. The molecule has 1 aliphatic rings. The van der Waals surface area contributed by atoms with Crippen molar-refractivity contribution in [3.8, 4) is 0 Å². The zero-order chi connectivity index (χ0) is 10.1. The average Bonchev–Trinajstić information content (AvgIpc) is 2.04.